The van der Waals surface area contributed by atoms with Crippen LogP contribution in [-0.2, 0) is 11.3 Å². The van der Waals surface area contributed by atoms with Gasteiger partial charge in [-0.3, -0.25) is 4.79 Å². The highest BCUT2D eigenvalue weighted by molar-refractivity contribution is 5.91. The van der Waals surface area contributed by atoms with E-state index in [4.69, 9.17) is 0 Å². The number of anilines is 1. The standard InChI is InChI=1S/C18H17F3N2O/c19-13-3-1-12(2-4-13)10-23(15-6-7-15)11-18(24)22-14-5-8-16(20)17(21)9-14/h1-5,8-9,15H,6-7,10-11H2,(H,22,24)/p+1. The van der Waals surface area contributed by atoms with Crippen LogP contribution in [0.4, 0.5) is 18.9 Å². The summed E-state index contributed by atoms with van der Waals surface area (Å²) >= 11 is 0. The van der Waals surface area contributed by atoms with Crippen LogP contribution in [0.1, 0.15) is 18.4 Å². The van der Waals surface area contributed by atoms with E-state index in [1.165, 1.54) is 18.2 Å². The van der Waals surface area contributed by atoms with E-state index in [1.54, 1.807) is 12.1 Å². The zero-order chi connectivity index (χ0) is 17.1. The average Bonchev–Trinajstić information content (AvgIpc) is 3.37. The minimum Gasteiger partial charge on any atom is -0.321 e. The second-order valence-corrected chi connectivity index (χ2v) is 6.09. The highest BCUT2D eigenvalue weighted by atomic mass is 19.2. The molecule has 1 aliphatic carbocycles. The first-order valence-corrected chi connectivity index (χ1v) is 7.85. The number of halogens is 3. The van der Waals surface area contributed by atoms with Gasteiger partial charge in [0.25, 0.3) is 5.91 Å². The summed E-state index contributed by atoms with van der Waals surface area (Å²) in [4.78, 5) is 13.3. The van der Waals surface area contributed by atoms with Crippen LogP contribution in [0.2, 0.25) is 0 Å². The average molecular weight is 335 g/mol. The molecule has 1 saturated carbocycles. The number of hydrogen-bond donors (Lipinski definition) is 2. The predicted molar refractivity (Wildman–Crippen MR) is 83.9 cm³/mol. The summed E-state index contributed by atoms with van der Waals surface area (Å²) in [7, 11) is 0. The molecule has 0 aliphatic heterocycles. The minimum absolute atomic E-state index is 0.223. The maximum absolute atomic E-state index is 13.2. The molecular formula is C18H18F3N2O+. The van der Waals surface area contributed by atoms with E-state index in [0.29, 0.717) is 12.6 Å². The normalized spacial score (nSPS) is 15.1. The van der Waals surface area contributed by atoms with Gasteiger partial charge in [0.2, 0.25) is 0 Å². The van der Waals surface area contributed by atoms with Crippen molar-refractivity contribution in [1.29, 1.82) is 0 Å². The summed E-state index contributed by atoms with van der Waals surface area (Å²) in [6.07, 6.45) is 2.10. The van der Waals surface area contributed by atoms with Crippen LogP contribution < -0.4 is 10.2 Å². The van der Waals surface area contributed by atoms with Crippen molar-refractivity contribution in [3.63, 3.8) is 0 Å². The third kappa shape index (κ3) is 4.35. The van der Waals surface area contributed by atoms with E-state index in [-0.39, 0.29) is 24.0 Å². The number of carbonyl (C=O) groups excluding carboxylic acids is 1. The fourth-order valence-electron chi connectivity index (χ4n) is 2.69. The van der Waals surface area contributed by atoms with Gasteiger partial charge in [-0.2, -0.15) is 0 Å². The van der Waals surface area contributed by atoms with E-state index in [0.717, 1.165) is 35.4 Å². The largest absolute Gasteiger partial charge is 0.321 e. The monoisotopic (exact) mass is 335 g/mol. The number of benzene rings is 2. The second-order valence-electron chi connectivity index (χ2n) is 6.09. The van der Waals surface area contributed by atoms with E-state index < -0.39 is 11.6 Å². The topological polar surface area (TPSA) is 33.5 Å². The Kier molecular flexibility index (Phi) is 4.85. The Balaban J connectivity index is 1.61. The van der Waals surface area contributed by atoms with Gasteiger partial charge >= 0.3 is 0 Å². The van der Waals surface area contributed by atoms with Gasteiger partial charge in [-0.15, -0.1) is 0 Å². The maximum atomic E-state index is 13.2. The molecule has 126 valence electrons. The molecular weight excluding hydrogens is 317 g/mol. The Morgan fingerprint density at radius 1 is 1.04 bits per heavy atom. The number of quaternary nitrogens is 1. The van der Waals surface area contributed by atoms with Crippen molar-refractivity contribution in [2.45, 2.75) is 25.4 Å². The molecule has 2 aromatic carbocycles. The number of hydrogen-bond acceptors (Lipinski definition) is 1. The molecule has 0 heterocycles. The van der Waals surface area contributed by atoms with Crippen LogP contribution in [-0.4, -0.2) is 18.5 Å². The van der Waals surface area contributed by atoms with Crippen molar-refractivity contribution in [3.8, 4) is 0 Å². The van der Waals surface area contributed by atoms with Crippen molar-refractivity contribution >= 4 is 11.6 Å². The molecule has 1 atom stereocenters. The molecule has 24 heavy (non-hydrogen) atoms. The Morgan fingerprint density at radius 3 is 2.38 bits per heavy atom. The SMILES string of the molecule is O=C(C[NH+](Cc1ccc(F)cc1)C1CC1)Nc1ccc(F)c(F)c1. The minimum atomic E-state index is -0.995. The molecule has 0 bridgehead atoms. The Bertz CT molecular complexity index is 730. The lowest BCUT2D eigenvalue weighted by atomic mass is 10.2. The summed E-state index contributed by atoms with van der Waals surface area (Å²) in [6, 6.07) is 9.91. The quantitative estimate of drug-likeness (QED) is 0.834. The molecule has 0 saturated heterocycles. The van der Waals surface area contributed by atoms with Crippen LogP contribution in [0.15, 0.2) is 42.5 Å². The summed E-state index contributed by atoms with van der Waals surface area (Å²) in [5.74, 6) is -2.49. The van der Waals surface area contributed by atoms with Crippen molar-refractivity contribution in [2.75, 3.05) is 11.9 Å². The summed E-state index contributed by atoms with van der Waals surface area (Å²) in [6.45, 7) is 0.844. The van der Waals surface area contributed by atoms with E-state index in [1.807, 2.05) is 0 Å². The van der Waals surface area contributed by atoms with Crippen LogP contribution in [0, 0.1) is 17.5 Å². The molecule has 1 unspecified atom stereocenters. The molecule has 2 aromatic rings. The Labute approximate surface area is 138 Å². The lowest BCUT2D eigenvalue weighted by molar-refractivity contribution is -0.916. The number of amides is 1. The molecule has 3 nitrogen and oxygen atoms in total. The summed E-state index contributed by atoms with van der Waals surface area (Å²) in [5, 5.41) is 2.59. The Morgan fingerprint density at radius 2 is 1.75 bits per heavy atom. The van der Waals surface area contributed by atoms with Crippen molar-refractivity contribution in [2.24, 2.45) is 0 Å². The second kappa shape index (κ2) is 7.05. The molecule has 6 heteroatoms. The summed E-state index contributed by atoms with van der Waals surface area (Å²) < 4.78 is 39.1. The van der Waals surface area contributed by atoms with E-state index in [2.05, 4.69) is 5.32 Å². The van der Waals surface area contributed by atoms with Gasteiger partial charge in [0.05, 0.1) is 6.04 Å². The molecule has 0 radical (unpaired) electrons. The molecule has 2 N–H and O–H groups in total. The van der Waals surface area contributed by atoms with Gasteiger partial charge in [0, 0.05) is 30.2 Å². The smallest absolute Gasteiger partial charge is 0.279 e. The first-order valence-electron chi connectivity index (χ1n) is 7.85. The fraction of sp³-hybridized carbons (Fsp3) is 0.278. The van der Waals surface area contributed by atoms with Crippen molar-refractivity contribution in [1.82, 2.24) is 0 Å². The molecule has 1 fully saturated rings. The first-order chi connectivity index (χ1) is 11.5. The fourth-order valence-corrected chi connectivity index (χ4v) is 2.69. The van der Waals surface area contributed by atoms with Crippen molar-refractivity contribution in [3.05, 3.63) is 65.5 Å². The van der Waals surface area contributed by atoms with Crippen LogP contribution >= 0.6 is 0 Å². The molecule has 1 aliphatic rings. The molecule has 1 amide bonds. The third-order valence-electron chi connectivity index (χ3n) is 4.09. The maximum Gasteiger partial charge on any atom is 0.279 e. The predicted octanol–water partition coefficient (Wildman–Crippen LogP) is 2.29. The van der Waals surface area contributed by atoms with Gasteiger partial charge in [0.1, 0.15) is 12.4 Å². The highest BCUT2D eigenvalue weighted by Gasteiger charge is 2.34. The van der Waals surface area contributed by atoms with Gasteiger partial charge in [0.15, 0.2) is 18.2 Å². The van der Waals surface area contributed by atoms with Crippen LogP contribution in [0.25, 0.3) is 0 Å². The first kappa shape index (κ1) is 16.5. The van der Waals surface area contributed by atoms with Gasteiger partial charge in [-0.1, -0.05) is 12.1 Å². The molecule has 0 spiro atoms. The summed E-state index contributed by atoms with van der Waals surface area (Å²) in [5.41, 5.74) is 1.19. The molecule has 3 rings (SSSR count). The molecule has 0 aromatic heterocycles. The van der Waals surface area contributed by atoms with Gasteiger partial charge in [-0.25, -0.2) is 13.2 Å². The number of carbonyl (C=O) groups is 1. The number of rotatable bonds is 6. The third-order valence-corrected chi connectivity index (χ3v) is 4.09. The van der Waals surface area contributed by atoms with E-state index in [9.17, 15) is 18.0 Å². The van der Waals surface area contributed by atoms with Gasteiger partial charge in [-0.05, 0) is 24.3 Å². The van der Waals surface area contributed by atoms with Crippen LogP contribution in [0.5, 0.6) is 0 Å². The zero-order valence-electron chi connectivity index (χ0n) is 13.0. The lowest BCUT2D eigenvalue weighted by Gasteiger charge is -2.19. The van der Waals surface area contributed by atoms with Crippen LogP contribution in [0.3, 0.4) is 0 Å². The highest BCUT2D eigenvalue weighted by Crippen LogP contribution is 2.16. The number of nitrogens with one attached hydrogen (secondary N) is 2. The van der Waals surface area contributed by atoms with Crippen molar-refractivity contribution < 1.29 is 22.9 Å². The Hall–Kier alpha value is -2.34. The lowest BCUT2D eigenvalue weighted by Crippen LogP contribution is -3.13. The van der Waals surface area contributed by atoms with E-state index >= 15 is 0 Å². The zero-order valence-corrected chi connectivity index (χ0v) is 13.0. The van der Waals surface area contributed by atoms with Gasteiger partial charge < -0.3 is 10.2 Å².